The highest BCUT2D eigenvalue weighted by molar-refractivity contribution is 7.89. The van der Waals surface area contributed by atoms with E-state index < -0.39 is 22.0 Å². The molecule has 0 unspecified atom stereocenters. The lowest BCUT2D eigenvalue weighted by molar-refractivity contribution is 0.0600. The first kappa shape index (κ1) is 14.6. The smallest absolute Gasteiger partial charge is 0.337 e. The van der Waals surface area contributed by atoms with Crippen LogP contribution in [-0.2, 0) is 14.8 Å². The summed E-state index contributed by atoms with van der Waals surface area (Å²) in [6.45, 7) is 1.22. The van der Waals surface area contributed by atoms with Crippen molar-refractivity contribution >= 4 is 16.0 Å². The van der Waals surface area contributed by atoms with Crippen molar-refractivity contribution in [3.63, 3.8) is 0 Å². The minimum Gasteiger partial charge on any atom is -0.465 e. The third kappa shape index (κ3) is 3.52. The van der Waals surface area contributed by atoms with Crippen molar-refractivity contribution in [1.82, 2.24) is 4.72 Å². The Labute approximate surface area is 106 Å². The zero-order valence-corrected chi connectivity index (χ0v) is 10.9. The van der Waals surface area contributed by atoms with Gasteiger partial charge in [-0.3, -0.25) is 0 Å². The number of benzene rings is 1. The summed E-state index contributed by atoms with van der Waals surface area (Å²) in [4.78, 5) is 11.2. The second kappa shape index (κ2) is 5.94. The van der Waals surface area contributed by atoms with Gasteiger partial charge < -0.3 is 9.84 Å². The SMILES string of the molecule is COC(=O)c1cccc(S(=O)(=O)N[C@@H](C)CO)c1. The monoisotopic (exact) mass is 273 g/mol. The molecule has 18 heavy (non-hydrogen) atoms. The Kier molecular flexibility index (Phi) is 4.83. The van der Waals surface area contributed by atoms with Crippen LogP contribution in [0.25, 0.3) is 0 Å². The Bertz CT molecular complexity index is 526. The van der Waals surface area contributed by atoms with Crippen molar-refractivity contribution in [2.24, 2.45) is 0 Å². The molecule has 0 aliphatic heterocycles. The average molecular weight is 273 g/mol. The van der Waals surface area contributed by atoms with E-state index in [0.29, 0.717) is 0 Å². The van der Waals surface area contributed by atoms with Crippen molar-refractivity contribution in [3.8, 4) is 0 Å². The number of hydrogen-bond donors (Lipinski definition) is 2. The molecule has 0 radical (unpaired) electrons. The second-order valence-corrected chi connectivity index (χ2v) is 5.44. The number of hydrogen-bond acceptors (Lipinski definition) is 5. The Morgan fingerprint density at radius 1 is 1.50 bits per heavy atom. The van der Waals surface area contributed by atoms with E-state index in [9.17, 15) is 13.2 Å². The van der Waals surface area contributed by atoms with Gasteiger partial charge in [0.15, 0.2) is 0 Å². The Hall–Kier alpha value is -1.44. The lowest BCUT2D eigenvalue weighted by Gasteiger charge is -2.11. The highest BCUT2D eigenvalue weighted by atomic mass is 32.2. The fourth-order valence-corrected chi connectivity index (χ4v) is 2.56. The molecule has 0 spiro atoms. The number of methoxy groups -OCH3 is 1. The van der Waals surface area contributed by atoms with E-state index in [1.807, 2.05) is 0 Å². The van der Waals surface area contributed by atoms with Crippen LogP contribution in [-0.4, -0.2) is 39.3 Å². The maximum absolute atomic E-state index is 11.9. The van der Waals surface area contributed by atoms with Gasteiger partial charge in [-0.05, 0) is 25.1 Å². The van der Waals surface area contributed by atoms with Gasteiger partial charge in [-0.2, -0.15) is 0 Å². The van der Waals surface area contributed by atoms with Gasteiger partial charge in [0, 0.05) is 6.04 Å². The molecule has 0 aliphatic carbocycles. The summed E-state index contributed by atoms with van der Waals surface area (Å²) in [6.07, 6.45) is 0. The van der Waals surface area contributed by atoms with E-state index >= 15 is 0 Å². The molecule has 0 aliphatic rings. The van der Waals surface area contributed by atoms with Crippen molar-refractivity contribution in [2.45, 2.75) is 17.9 Å². The van der Waals surface area contributed by atoms with E-state index in [1.54, 1.807) is 0 Å². The summed E-state index contributed by atoms with van der Waals surface area (Å²) in [5.74, 6) is -0.609. The van der Waals surface area contributed by atoms with E-state index in [2.05, 4.69) is 9.46 Å². The summed E-state index contributed by atoms with van der Waals surface area (Å²) in [6, 6.07) is 4.89. The van der Waals surface area contributed by atoms with Gasteiger partial charge in [0.1, 0.15) is 0 Å². The standard InChI is InChI=1S/C11H15NO5S/c1-8(7-13)12-18(15,16)10-5-3-4-9(6-10)11(14)17-2/h3-6,8,12-13H,7H2,1-2H3/t8-/m0/s1. The lowest BCUT2D eigenvalue weighted by atomic mass is 10.2. The average Bonchev–Trinajstić information content (AvgIpc) is 2.37. The molecule has 0 fully saturated rings. The van der Waals surface area contributed by atoms with Crippen molar-refractivity contribution in [2.75, 3.05) is 13.7 Å². The molecule has 0 bridgehead atoms. The largest absolute Gasteiger partial charge is 0.465 e. The third-order valence-electron chi connectivity index (χ3n) is 2.20. The zero-order chi connectivity index (χ0) is 13.8. The van der Waals surface area contributed by atoms with E-state index in [0.717, 1.165) is 0 Å². The summed E-state index contributed by atoms with van der Waals surface area (Å²) >= 11 is 0. The Morgan fingerprint density at radius 2 is 2.17 bits per heavy atom. The lowest BCUT2D eigenvalue weighted by Crippen LogP contribution is -2.35. The first-order valence-corrected chi connectivity index (χ1v) is 6.70. The molecule has 6 nitrogen and oxygen atoms in total. The van der Waals surface area contributed by atoms with E-state index in [4.69, 9.17) is 5.11 Å². The molecule has 100 valence electrons. The molecular formula is C11H15NO5S. The molecule has 0 saturated carbocycles. The molecule has 1 aromatic rings. The molecule has 1 atom stereocenters. The highest BCUT2D eigenvalue weighted by Gasteiger charge is 2.18. The molecule has 0 amide bonds. The van der Waals surface area contributed by atoms with Crippen LogP contribution in [0, 0.1) is 0 Å². The zero-order valence-electron chi connectivity index (χ0n) is 10.1. The number of carbonyl (C=O) groups excluding carboxylic acids is 1. The number of rotatable bonds is 5. The van der Waals surface area contributed by atoms with E-state index in [1.165, 1.54) is 38.3 Å². The maximum Gasteiger partial charge on any atom is 0.337 e. The fraction of sp³-hybridized carbons (Fsp3) is 0.364. The summed E-state index contributed by atoms with van der Waals surface area (Å²) in [7, 11) is -2.54. The van der Waals surface area contributed by atoms with Crippen LogP contribution in [0.15, 0.2) is 29.2 Å². The molecule has 0 saturated heterocycles. The number of carbonyl (C=O) groups is 1. The van der Waals surface area contributed by atoms with Gasteiger partial charge >= 0.3 is 5.97 Å². The van der Waals surface area contributed by atoms with Gasteiger partial charge in [0.25, 0.3) is 0 Å². The number of ether oxygens (including phenoxy) is 1. The predicted molar refractivity (Wildman–Crippen MR) is 64.7 cm³/mol. The van der Waals surface area contributed by atoms with Crippen LogP contribution in [0.2, 0.25) is 0 Å². The van der Waals surface area contributed by atoms with Crippen LogP contribution >= 0.6 is 0 Å². The third-order valence-corrected chi connectivity index (χ3v) is 3.78. The highest BCUT2D eigenvalue weighted by Crippen LogP contribution is 2.12. The molecule has 0 heterocycles. The van der Waals surface area contributed by atoms with Crippen LogP contribution in [0.4, 0.5) is 0 Å². The summed E-state index contributed by atoms with van der Waals surface area (Å²) in [5, 5.41) is 8.82. The van der Waals surface area contributed by atoms with Gasteiger partial charge in [-0.1, -0.05) is 6.07 Å². The fourth-order valence-electron chi connectivity index (χ4n) is 1.28. The van der Waals surface area contributed by atoms with Crippen LogP contribution in [0.3, 0.4) is 0 Å². The van der Waals surface area contributed by atoms with Gasteiger partial charge in [0.2, 0.25) is 10.0 Å². The van der Waals surface area contributed by atoms with Crippen LogP contribution in [0.5, 0.6) is 0 Å². The topological polar surface area (TPSA) is 92.7 Å². The van der Waals surface area contributed by atoms with Crippen molar-refractivity contribution in [3.05, 3.63) is 29.8 Å². The molecule has 2 N–H and O–H groups in total. The number of nitrogens with one attached hydrogen (secondary N) is 1. The summed E-state index contributed by atoms with van der Waals surface area (Å²) < 4.78 is 30.6. The molecule has 1 rings (SSSR count). The Morgan fingerprint density at radius 3 is 2.72 bits per heavy atom. The minimum atomic E-state index is -3.75. The normalized spacial score (nSPS) is 13.1. The second-order valence-electron chi connectivity index (χ2n) is 3.72. The van der Waals surface area contributed by atoms with Crippen molar-refractivity contribution in [1.29, 1.82) is 0 Å². The summed E-state index contributed by atoms with van der Waals surface area (Å²) in [5.41, 5.74) is 0.150. The first-order chi connectivity index (χ1) is 8.40. The molecule has 0 aromatic heterocycles. The molecular weight excluding hydrogens is 258 g/mol. The number of sulfonamides is 1. The molecule has 1 aromatic carbocycles. The van der Waals surface area contributed by atoms with Gasteiger partial charge in [0.05, 0.1) is 24.2 Å². The quantitative estimate of drug-likeness (QED) is 0.744. The predicted octanol–water partition coefficient (Wildman–Crippen LogP) is 0.132. The Balaban J connectivity index is 3.06. The minimum absolute atomic E-state index is 0.0503. The van der Waals surface area contributed by atoms with E-state index in [-0.39, 0.29) is 17.1 Å². The number of aliphatic hydroxyl groups is 1. The molecule has 7 heteroatoms. The number of aliphatic hydroxyl groups excluding tert-OH is 1. The van der Waals surface area contributed by atoms with Gasteiger partial charge in [-0.25, -0.2) is 17.9 Å². The maximum atomic E-state index is 11.9. The van der Waals surface area contributed by atoms with Crippen molar-refractivity contribution < 1.29 is 23.1 Å². The first-order valence-electron chi connectivity index (χ1n) is 5.22. The van der Waals surface area contributed by atoms with Crippen LogP contribution in [0.1, 0.15) is 17.3 Å². The van der Waals surface area contributed by atoms with Crippen LogP contribution < -0.4 is 4.72 Å². The van der Waals surface area contributed by atoms with Gasteiger partial charge in [-0.15, -0.1) is 0 Å². The number of esters is 1.